The number of benzene rings is 1. The third-order valence-electron chi connectivity index (χ3n) is 6.43. The van der Waals surface area contributed by atoms with E-state index in [9.17, 15) is 28.5 Å². The fraction of sp³-hybridized carbons (Fsp3) is 0.348. The third kappa shape index (κ3) is 5.76. The van der Waals surface area contributed by atoms with E-state index in [1.165, 1.54) is 51.6 Å². The Morgan fingerprint density at radius 3 is 2.17 bits per heavy atom. The summed E-state index contributed by atoms with van der Waals surface area (Å²) in [4.78, 5) is 18.4. The van der Waals surface area contributed by atoms with E-state index in [0.717, 1.165) is 12.1 Å². The van der Waals surface area contributed by atoms with E-state index in [-0.39, 0.29) is 35.6 Å². The number of rotatable bonds is 7. The van der Waals surface area contributed by atoms with Crippen molar-refractivity contribution in [1.82, 2.24) is 49.0 Å². The van der Waals surface area contributed by atoms with Gasteiger partial charge in [-0.1, -0.05) is 6.07 Å². The highest BCUT2D eigenvalue weighted by atomic mass is 19.1. The molecule has 5 heterocycles. The first-order valence-electron chi connectivity index (χ1n) is 12.2. The highest BCUT2D eigenvalue weighted by Crippen LogP contribution is 2.32. The van der Waals surface area contributed by atoms with Gasteiger partial charge in [0.1, 0.15) is 60.9 Å². The van der Waals surface area contributed by atoms with Crippen molar-refractivity contribution in [3.63, 3.8) is 0 Å². The summed E-state index contributed by atoms with van der Waals surface area (Å²) in [6.45, 7) is -0.613. The van der Waals surface area contributed by atoms with Crippen LogP contribution in [0.25, 0.3) is 11.2 Å². The SMILES string of the molecule is Nc1nc(F)nc2c1ncn2[C@@H]1O[C@H](CO)[C@@H](O)[C@@H]1O.OC(Cn1cncn1)(Cn1cncn1)c1ccc(F)cc1F. The Morgan fingerprint density at radius 2 is 1.62 bits per heavy atom. The summed E-state index contributed by atoms with van der Waals surface area (Å²) in [5.74, 6) is -1.70. The van der Waals surface area contributed by atoms with Gasteiger partial charge in [-0.15, -0.1) is 0 Å². The lowest BCUT2D eigenvalue weighted by atomic mass is 9.93. The molecule has 222 valence electrons. The van der Waals surface area contributed by atoms with Crippen molar-refractivity contribution >= 4 is 17.0 Å². The van der Waals surface area contributed by atoms with E-state index >= 15 is 0 Å². The van der Waals surface area contributed by atoms with Gasteiger partial charge in [-0.2, -0.15) is 24.6 Å². The molecule has 16 nitrogen and oxygen atoms in total. The van der Waals surface area contributed by atoms with E-state index in [1.54, 1.807) is 0 Å². The zero-order valence-electron chi connectivity index (χ0n) is 21.4. The van der Waals surface area contributed by atoms with Crippen LogP contribution < -0.4 is 5.73 Å². The Morgan fingerprint density at radius 1 is 0.952 bits per heavy atom. The van der Waals surface area contributed by atoms with Gasteiger partial charge in [0.2, 0.25) is 0 Å². The number of aliphatic hydroxyl groups excluding tert-OH is 3. The summed E-state index contributed by atoms with van der Waals surface area (Å²) in [6, 6.07) is 3.02. The molecule has 1 aliphatic heterocycles. The summed E-state index contributed by atoms with van der Waals surface area (Å²) in [5.41, 5.74) is 3.96. The fourth-order valence-corrected chi connectivity index (χ4v) is 4.46. The van der Waals surface area contributed by atoms with Gasteiger partial charge in [-0.3, -0.25) is 4.57 Å². The average Bonchev–Trinajstić information content (AvgIpc) is 3.75. The Bertz CT molecular complexity index is 1600. The van der Waals surface area contributed by atoms with Crippen molar-refractivity contribution in [3.8, 4) is 0 Å². The van der Waals surface area contributed by atoms with Crippen molar-refractivity contribution in [2.45, 2.75) is 43.2 Å². The smallest absolute Gasteiger partial charge is 0.312 e. The molecule has 6 N–H and O–H groups in total. The second-order valence-electron chi connectivity index (χ2n) is 9.27. The first-order valence-corrected chi connectivity index (χ1v) is 12.2. The molecule has 1 fully saturated rings. The molecule has 1 aliphatic rings. The summed E-state index contributed by atoms with van der Waals surface area (Å²) in [6.07, 6.45) is 1.02. The Labute approximate surface area is 233 Å². The molecule has 4 atom stereocenters. The zero-order chi connectivity index (χ0) is 30.0. The standard InChI is InChI=1S/C13H12F2N6O.C10H12FN5O4/c14-10-1-2-11(12(15)3-10)13(22,4-20-8-16-6-18-20)5-21-9-17-7-19-21;11-10-14-7(12)4-8(15-10)16(2-13-4)9-6(19)5(18)3(1-17)20-9/h1-3,6-9,22H,4-5H2;2-3,5-6,9,17-19H,1H2,(H2,12,14,15)/t;3-,5-,6+,9-/m.1/s1. The number of hydrogen-bond donors (Lipinski definition) is 5. The summed E-state index contributed by atoms with van der Waals surface area (Å²) in [5, 5.41) is 47.5. The predicted octanol–water partition coefficient (Wildman–Crippen LogP) is -1.11. The van der Waals surface area contributed by atoms with Crippen LogP contribution in [0.2, 0.25) is 0 Å². The fourth-order valence-electron chi connectivity index (χ4n) is 4.46. The molecule has 4 aromatic heterocycles. The normalized spacial score (nSPS) is 20.5. The van der Waals surface area contributed by atoms with Gasteiger partial charge in [0, 0.05) is 11.6 Å². The molecule has 5 aromatic rings. The first-order chi connectivity index (χ1) is 20.1. The van der Waals surface area contributed by atoms with Gasteiger partial charge in [-0.05, 0) is 6.07 Å². The summed E-state index contributed by atoms with van der Waals surface area (Å²) < 4.78 is 49.7. The van der Waals surface area contributed by atoms with Crippen LogP contribution >= 0.6 is 0 Å². The maximum absolute atomic E-state index is 14.1. The Kier molecular flexibility index (Phi) is 8.09. The summed E-state index contributed by atoms with van der Waals surface area (Å²) in [7, 11) is 0. The largest absolute Gasteiger partial charge is 0.394 e. The van der Waals surface area contributed by atoms with Crippen molar-refractivity contribution in [2.24, 2.45) is 0 Å². The van der Waals surface area contributed by atoms with Crippen molar-refractivity contribution in [2.75, 3.05) is 12.3 Å². The minimum atomic E-state index is -1.70. The zero-order valence-corrected chi connectivity index (χ0v) is 21.4. The molecular formula is C23H24F3N11O5. The van der Waals surface area contributed by atoms with Crippen LogP contribution in [0.1, 0.15) is 11.8 Å². The van der Waals surface area contributed by atoms with Gasteiger partial charge in [0.15, 0.2) is 23.2 Å². The van der Waals surface area contributed by atoms with E-state index < -0.39 is 54.5 Å². The number of hydrogen-bond acceptors (Lipinski definition) is 13. The number of ether oxygens (including phenoxy) is 1. The maximum Gasteiger partial charge on any atom is 0.312 e. The minimum Gasteiger partial charge on any atom is -0.394 e. The lowest BCUT2D eigenvalue weighted by Crippen LogP contribution is -2.37. The molecule has 0 aliphatic carbocycles. The number of halogens is 3. The lowest BCUT2D eigenvalue weighted by Gasteiger charge is -2.28. The number of nitrogens with two attached hydrogens (primary N) is 1. The van der Waals surface area contributed by atoms with Crippen LogP contribution in [0.3, 0.4) is 0 Å². The second kappa shape index (κ2) is 11.7. The van der Waals surface area contributed by atoms with Crippen LogP contribution in [-0.2, 0) is 23.4 Å². The van der Waals surface area contributed by atoms with Crippen molar-refractivity contribution < 1.29 is 38.3 Å². The minimum absolute atomic E-state index is 0.0323. The highest BCUT2D eigenvalue weighted by Gasteiger charge is 2.44. The molecule has 0 bridgehead atoms. The molecule has 0 radical (unpaired) electrons. The van der Waals surface area contributed by atoms with E-state index in [2.05, 4.69) is 35.1 Å². The van der Waals surface area contributed by atoms with Gasteiger partial charge >= 0.3 is 6.08 Å². The average molecular weight is 592 g/mol. The predicted molar refractivity (Wildman–Crippen MR) is 133 cm³/mol. The lowest BCUT2D eigenvalue weighted by molar-refractivity contribution is -0.0511. The molecule has 0 amide bonds. The quantitative estimate of drug-likeness (QED) is 0.142. The second-order valence-corrected chi connectivity index (χ2v) is 9.27. The van der Waals surface area contributed by atoms with Gasteiger partial charge in [-0.25, -0.2) is 33.1 Å². The topological polar surface area (TPSA) is 221 Å². The molecule has 0 unspecified atom stereocenters. The number of aliphatic hydroxyl groups is 4. The molecule has 0 spiro atoms. The van der Waals surface area contributed by atoms with Crippen LogP contribution in [0.15, 0.2) is 49.8 Å². The molecule has 1 saturated heterocycles. The van der Waals surface area contributed by atoms with Gasteiger partial charge < -0.3 is 30.9 Å². The van der Waals surface area contributed by atoms with Crippen LogP contribution in [0, 0.1) is 17.7 Å². The van der Waals surface area contributed by atoms with Crippen LogP contribution in [-0.4, -0.2) is 94.4 Å². The number of nitrogen functional groups attached to an aromatic ring is 1. The molecule has 6 rings (SSSR count). The van der Waals surface area contributed by atoms with Crippen LogP contribution in [0.5, 0.6) is 0 Å². The maximum atomic E-state index is 14.1. The number of fused-ring (bicyclic) bond motifs is 1. The van der Waals surface area contributed by atoms with Crippen molar-refractivity contribution in [3.05, 3.63) is 73.1 Å². The van der Waals surface area contributed by atoms with Gasteiger partial charge in [0.25, 0.3) is 0 Å². The van der Waals surface area contributed by atoms with E-state index in [4.69, 9.17) is 15.6 Å². The number of anilines is 1. The molecule has 0 saturated carbocycles. The van der Waals surface area contributed by atoms with E-state index in [0.29, 0.717) is 0 Å². The Hall–Kier alpha value is -4.56. The molecule has 1 aromatic carbocycles. The highest BCUT2D eigenvalue weighted by molar-refractivity contribution is 5.81. The van der Waals surface area contributed by atoms with Gasteiger partial charge in [0.05, 0.1) is 26.0 Å². The molecular weight excluding hydrogens is 567 g/mol. The number of aromatic nitrogens is 10. The van der Waals surface area contributed by atoms with E-state index in [1.807, 2.05) is 0 Å². The third-order valence-corrected chi connectivity index (χ3v) is 6.43. The molecule has 19 heteroatoms. The first kappa shape index (κ1) is 29.0. The summed E-state index contributed by atoms with van der Waals surface area (Å²) >= 11 is 0. The number of nitrogens with zero attached hydrogens (tertiary/aromatic N) is 10. The van der Waals surface area contributed by atoms with Crippen molar-refractivity contribution in [1.29, 1.82) is 0 Å². The number of imidazole rings is 1. The molecule has 42 heavy (non-hydrogen) atoms. The van der Waals surface area contributed by atoms with Crippen LogP contribution in [0.4, 0.5) is 19.0 Å². The Balaban J connectivity index is 0.000000169. The monoisotopic (exact) mass is 591 g/mol.